The van der Waals surface area contributed by atoms with Crippen LogP contribution < -0.4 is 5.32 Å². The number of phenolic OH excluding ortho intramolecular Hbond substituents is 1. The lowest BCUT2D eigenvalue weighted by molar-refractivity contribution is 0.0528. The van der Waals surface area contributed by atoms with Gasteiger partial charge in [0.25, 0.3) is 0 Å². The Hall–Kier alpha value is -3.20. The smallest absolute Gasteiger partial charge is 0.343 e. The molecule has 9 heteroatoms. The minimum atomic E-state index is -1.15. The van der Waals surface area contributed by atoms with E-state index >= 15 is 0 Å². The highest BCUT2D eigenvalue weighted by Crippen LogP contribution is 2.25. The molecule has 3 aromatic rings. The van der Waals surface area contributed by atoms with Crippen molar-refractivity contribution in [1.29, 1.82) is 0 Å². The number of hydrogen-bond donors (Lipinski definition) is 3. The average Bonchev–Trinajstić information content (AvgIpc) is 3.05. The third-order valence-electron chi connectivity index (χ3n) is 3.69. The first-order valence-corrected chi connectivity index (χ1v) is 7.91. The first-order valence-electron chi connectivity index (χ1n) is 7.91. The Labute approximate surface area is 147 Å². The quantitative estimate of drug-likeness (QED) is 0.576. The lowest BCUT2D eigenvalue weighted by Crippen LogP contribution is -2.14. The molecule has 26 heavy (non-hydrogen) atoms. The van der Waals surface area contributed by atoms with Crippen LogP contribution >= 0.6 is 0 Å². The van der Waals surface area contributed by atoms with Gasteiger partial charge in [0.1, 0.15) is 22.9 Å². The zero-order valence-electron chi connectivity index (χ0n) is 13.9. The fraction of sp³-hybridized carbons (Fsp3) is 0.235. The summed E-state index contributed by atoms with van der Waals surface area (Å²) in [6, 6.07) is 4.95. The molecule has 8 nitrogen and oxygen atoms in total. The Morgan fingerprint density at radius 1 is 1.42 bits per heavy atom. The van der Waals surface area contributed by atoms with E-state index in [1.54, 1.807) is 19.2 Å². The fourth-order valence-electron chi connectivity index (χ4n) is 2.42. The topological polar surface area (TPSA) is 109 Å². The number of aliphatic hydroxyl groups excluding tert-OH is 1. The normalized spacial score (nSPS) is 12.1. The van der Waals surface area contributed by atoms with Crippen LogP contribution in [-0.4, -0.2) is 43.9 Å². The Kier molecular flexibility index (Phi) is 4.99. The van der Waals surface area contributed by atoms with Gasteiger partial charge in [-0.3, -0.25) is 0 Å². The van der Waals surface area contributed by atoms with Gasteiger partial charge in [0, 0.05) is 18.3 Å². The molecule has 0 radical (unpaired) electrons. The molecule has 136 valence electrons. The second kappa shape index (κ2) is 7.36. The van der Waals surface area contributed by atoms with E-state index in [1.807, 2.05) is 0 Å². The molecule has 2 heterocycles. The van der Waals surface area contributed by atoms with Crippen molar-refractivity contribution >= 4 is 17.4 Å². The van der Waals surface area contributed by atoms with E-state index < -0.39 is 17.9 Å². The number of aromatic hydroxyl groups is 1. The summed E-state index contributed by atoms with van der Waals surface area (Å²) in [6.45, 7) is 1.91. The summed E-state index contributed by atoms with van der Waals surface area (Å²) in [5.74, 6) is -0.922. The number of esters is 1. The molecule has 0 aliphatic rings. The summed E-state index contributed by atoms with van der Waals surface area (Å²) in [6.07, 6.45) is 1.81. The lowest BCUT2D eigenvalue weighted by atomic mass is 10.1. The highest BCUT2D eigenvalue weighted by molar-refractivity contribution is 5.95. The molecule has 2 aromatic heterocycles. The van der Waals surface area contributed by atoms with E-state index in [0.717, 1.165) is 12.1 Å². The summed E-state index contributed by atoms with van der Waals surface area (Å²) < 4.78 is 19.7. The zero-order chi connectivity index (χ0) is 18.7. The van der Waals surface area contributed by atoms with Gasteiger partial charge < -0.3 is 20.3 Å². The van der Waals surface area contributed by atoms with Crippen LogP contribution in [0.4, 0.5) is 10.2 Å². The van der Waals surface area contributed by atoms with E-state index in [2.05, 4.69) is 15.4 Å². The second-order valence-electron chi connectivity index (χ2n) is 5.46. The number of aromatic nitrogens is 3. The number of aliphatic hydroxyl groups is 1. The number of hydrogen-bond acceptors (Lipinski definition) is 7. The molecule has 0 spiro atoms. The number of carbonyl (C=O) groups excluding carboxylic acids is 1. The van der Waals surface area contributed by atoms with Crippen molar-refractivity contribution in [3.8, 4) is 5.75 Å². The first-order chi connectivity index (χ1) is 12.5. The molecule has 0 aliphatic carbocycles. The number of halogens is 1. The van der Waals surface area contributed by atoms with Crippen molar-refractivity contribution < 1.29 is 24.1 Å². The van der Waals surface area contributed by atoms with Gasteiger partial charge in [-0.25, -0.2) is 18.7 Å². The predicted molar refractivity (Wildman–Crippen MR) is 90.5 cm³/mol. The molecule has 0 aliphatic heterocycles. The van der Waals surface area contributed by atoms with Gasteiger partial charge in [-0.05, 0) is 31.2 Å². The number of nitrogens with one attached hydrogen (secondary N) is 1. The maximum Gasteiger partial charge on any atom is 0.343 e. The molecule has 0 unspecified atom stereocenters. The molecule has 1 aromatic carbocycles. The van der Waals surface area contributed by atoms with Crippen LogP contribution in [-0.2, 0) is 4.74 Å². The number of anilines is 1. The summed E-state index contributed by atoms with van der Waals surface area (Å²) in [4.78, 5) is 16.2. The second-order valence-corrected chi connectivity index (χ2v) is 5.46. The maximum absolute atomic E-state index is 13.3. The third kappa shape index (κ3) is 3.57. The van der Waals surface area contributed by atoms with Gasteiger partial charge in [-0.1, -0.05) is 0 Å². The van der Waals surface area contributed by atoms with Crippen LogP contribution in [0.15, 0.2) is 36.7 Å². The Balaban J connectivity index is 1.77. The zero-order valence-corrected chi connectivity index (χ0v) is 13.9. The summed E-state index contributed by atoms with van der Waals surface area (Å²) in [5, 5.41) is 26.8. The van der Waals surface area contributed by atoms with Crippen LogP contribution in [0.2, 0.25) is 0 Å². The lowest BCUT2D eigenvalue weighted by Gasteiger charge is -2.14. The Morgan fingerprint density at radius 3 is 3.00 bits per heavy atom. The minimum absolute atomic E-state index is 0.0247. The van der Waals surface area contributed by atoms with E-state index in [9.17, 15) is 19.4 Å². The highest BCUT2D eigenvalue weighted by Gasteiger charge is 2.17. The van der Waals surface area contributed by atoms with Gasteiger partial charge in [-0.15, -0.1) is 0 Å². The number of benzene rings is 1. The number of nitrogens with zero attached hydrogens (tertiary/aromatic N) is 3. The molecule has 0 fully saturated rings. The molecule has 3 rings (SSSR count). The Bertz CT molecular complexity index is 944. The standard InChI is InChI=1S/C17H17FN4O4/c1-2-26-17(25)12-8-20-22-6-5-15(21-16(12)22)19-9-14(24)11-7-10(18)3-4-13(11)23/h3-8,14,23-24H,2,9H2,1H3,(H,19,21)/t14-/m0/s1. The number of fused-ring (bicyclic) bond motifs is 1. The predicted octanol–water partition coefficient (Wildman–Crippen LogP) is 1.90. The molecule has 3 N–H and O–H groups in total. The average molecular weight is 360 g/mol. The van der Waals surface area contributed by atoms with E-state index in [1.165, 1.54) is 16.8 Å². The SMILES string of the molecule is CCOC(=O)c1cnn2ccc(NC[C@H](O)c3cc(F)ccc3O)nc12. The van der Waals surface area contributed by atoms with Crippen molar-refractivity contribution in [1.82, 2.24) is 14.6 Å². The van der Waals surface area contributed by atoms with E-state index in [0.29, 0.717) is 11.5 Å². The third-order valence-corrected chi connectivity index (χ3v) is 3.69. The molecular weight excluding hydrogens is 343 g/mol. The van der Waals surface area contributed by atoms with Gasteiger partial charge in [-0.2, -0.15) is 5.10 Å². The van der Waals surface area contributed by atoms with Gasteiger partial charge >= 0.3 is 5.97 Å². The van der Waals surface area contributed by atoms with Crippen LogP contribution in [0.5, 0.6) is 5.75 Å². The van der Waals surface area contributed by atoms with Gasteiger partial charge in [0.05, 0.1) is 18.9 Å². The number of phenols is 1. The maximum atomic E-state index is 13.3. The summed E-state index contributed by atoms with van der Waals surface area (Å²) >= 11 is 0. The van der Waals surface area contributed by atoms with Crippen molar-refractivity contribution in [3.63, 3.8) is 0 Å². The monoisotopic (exact) mass is 360 g/mol. The van der Waals surface area contributed by atoms with Crippen LogP contribution in [0.3, 0.4) is 0 Å². The largest absolute Gasteiger partial charge is 0.508 e. The van der Waals surface area contributed by atoms with E-state index in [4.69, 9.17) is 4.74 Å². The van der Waals surface area contributed by atoms with Crippen LogP contribution in [0.1, 0.15) is 28.9 Å². The van der Waals surface area contributed by atoms with Crippen molar-refractivity contribution in [2.45, 2.75) is 13.0 Å². The van der Waals surface area contributed by atoms with Crippen LogP contribution in [0, 0.1) is 5.82 Å². The van der Waals surface area contributed by atoms with Crippen molar-refractivity contribution in [2.75, 3.05) is 18.5 Å². The number of ether oxygens (including phenoxy) is 1. The van der Waals surface area contributed by atoms with Crippen LogP contribution in [0.25, 0.3) is 5.65 Å². The summed E-state index contributed by atoms with van der Waals surface area (Å²) in [5.41, 5.74) is 0.588. The van der Waals surface area contributed by atoms with E-state index in [-0.39, 0.29) is 30.0 Å². The number of rotatable bonds is 6. The fourth-order valence-corrected chi connectivity index (χ4v) is 2.42. The number of carbonyl (C=O) groups is 1. The molecule has 1 atom stereocenters. The molecule has 0 saturated carbocycles. The molecular formula is C17H17FN4O4. The summed E-state index contributed by atoms with van der Waals surface area (Å²) in [7, 11) is 0. The Morgan fingerprint density at radius 2 is 2.23 bits per heavy atom. The first kappa shape index (κ1) is 17.6. The minimum Gasteiger partial charge on any atom is -0.508 e. The van der Waals surface area contributed by atoms with Crippen molar-refractivity contribution in [2.24, 2.45) is 0 Å². The van der Waals surface area contributed by atoms with Crippen molar-refractivity contribution in [3.05, 3.63) is 53.6 Å². The van der Waals surface area contributed by atoms with Gasteiger partial charge in [0.15, 0.2) is 5.65 Å². The molecule has 0 saturated heterocycles. The highest BCUT2D eigenvalue weighted by atomic mass is 19.1. The molecule has 0 amide bonds. The molecule has 0 bridgehead atoms. The van der Waals surface area contributed by atoms with Gasteiger partial charge in [0.2, 0.25) is 0 Å².